The normalized spacial score (nSPS) is 10.9. The van der Waals surface area contributed by atoms with Crippen LogP contribution in [0.4, 0.5) is 0 Å². The summed E-state index contributed by atoms with van der Waals surface area (Å²) in [7, 11) is 0. The van der Waals surface area contributed by atoms with Crippen LogP contribution in [-0.2, 0) is 6.42 Å². The van der Waals surface area contributed by atoms with Crippen molar-refractivity contribution in [3.63, 3.8) is 0 Å². The highest BCUT2D eigenvalue weighted by Crippen LogP contribution is 2.27. The van der Waals surface area contributed by atoms with E-state index in [9.17, 15) is 4.79 Å². The summed E-state index contributed by atoms with van der Waals surface area (Å²) in [6.07, 6.45) is 0.622. The molecule has 0 aliphatic carbocycles. The van der Waals surface area contributed by atoms with Gasteiger partial charge in [-0.3, -0.25) is 4.79 Å². The van der Waals surface area contributed by atoms with Crippen LogP contribution in [0.25, 0.3) is 10.1 Å². The van der Waals surface area contributed by atoms with Crippen molar-refractivity contribution in [2.75, 3.05) is 0 Å². The minimum atomic E-state index is -0.596. The minimum Gasteiger partial charge on any atom is -0.360 e. The van der Waals surface area contributed by atoms with Gasteiger partial charge in [-0.25, -0.2) is 0 Å². The van der Waals surface area contributed by atoms with Crippen LogP contribution in [0.2, 0.25) is 0 Å². The summed E-state index contributed by atoms with van der Waals surface area (Å²) >= 11 is 7.03. The van der Waals surface area contributed by atoms with E-state index in [0.29, 0.717) is 12.2 Å². The Morgan fingerprint density at radius 1 is 1.33 bits per heavy atom. The second kappa shape index (κ2) is 4.55. The fourth-order valence-electron chi connectivity index (χ4n) is 1.78. The first kappa shape index (κ1) is 11.4. The Bertz CT molecular complexity index is 683. The van der Waals surface area contributed by atoms with Crippen molar-refractivity contribution < 1.29 is 9.32 Å². The van der Waals surface area contributed by atoms with E-state index < -0.39 is 5.24 Å². The minimum absolute atomic E-state index is 0.160. The highest BCUT2D eigenvalue weighted by atomic mass is 35.5. The molecule has 0 N–H and O–H groups in total. The topological polar surface area (TPSA) is 43.1 Å². The van der Waals surface area contributed by atoms with Gasteiger partial charge in [0.15, 0.2) is 5.69 Å². The number of carbonyl (C=O) groups is 1. The number of benzene rings is 1. The molecule has 0 fully saturated rings. The Kier molecular flexibility index (Phi) is 2.89. The van der Waals surface area contributed by atoms with Gasteiger partial charge in [-0.2, -0.15) is 0 Å². The Hall–Kier alpha value is -1.65. The monoisotopic (exact) mass is 277 g/mol. The molecular formula is C13H8ClNO2S. The molecule has 18 heavy (non-hydrogen) atoms. The molecule has 0 saturated heterocycles. The molecule has 0 bridgehead atoms. The van der Waals surface area contributed by atoms with Crippen molar-refractivity contribution in [1.29, 1.82) is 0 Å². The van der Waals surface area contributed by atoms with Crippen LogP contribution >= 0.6 is 22.9 Å². The lowest BCUT2D eigenvalue weighted by atomic mass is 10.2. The third kappa shape index (κ3) is 2.17. The molecule has 2 heterocycles. The number of fused-ring (bicyclic) bond motifs is 1. The molecule has 2 aromatic heterocycles. The molecule has 0 radical (unpaired) electrons. The van der Waals surface area contributed by atoms with E-state index >= 15 is 0 Å². The fraction of sp³-hybridized carbons (Fsp3) is 0.0769. The maximum atomic E-state index is 10.9. The lowest BCUT2D eigenvalue weighted by Crippen LogP contribution is -1.86. The van der Waals surface area contributed by atoms with Crippen molar-refractivity contribution in [1.82, 2.24) is 5.16 Å². The summed E-state index contributed by atoms with van der Waals surface area (Å²) in [6.45, 7) is 0. The van der Waals surface area contributed by atoms with Crippen LogP contribution in [0, 0.1) is 0 Å². The molecule has 0 aliphatic rings. The van der Waals surface area contributed by atoms with Crippen molar-refractivity contribution in [2.45, 2.75) is 6.42 Å². The van der Waals surface area contributed by atoms with Gasteiger partial charge in [0.2, 0.25) is 0 Å². The quantitative estimate of drug-likeness (QED) is 0.683. The van der Waals surface area contributed by atoms with Crippen LogP contribution in [0.3, 0.4) is 0 Å². The number of aromatic nitrogens is 1. The number of carbonyl (C=O) groups excluding carboxylic acids is 1. The fourth-order valence-corrected chi connectivity index (χ4v) is 2.95. The Balaban J connectivity index is 1.88. The second-order valence-corrected chi connectivity index (χ2v) is 5.39. The number of halogens is 1. The standard InChI is InChI=1S/C13H8ClNO2S/c14-13(16)11-7-9(17-15-11)6-10-5-8-3-1-2-4-12(8)18-10/h1-5,7H,6H2. The first-order valence-electron chi connectivity index (χ1n) is 5.35. The zero-order valence-electron chi connectivity index (χ0n) is 9.22. The van der Waals surface area contributed by atoms with E-state index in [1.54, 1.807) is 17.4 Å². The zero-order valence-corrected chi connectivity index (χ0v) is 10.8. The maximum Gasteiger partial charge on any atom is 0.274 e. The van der Waals surface area contributed by atoms with Crippen LogP contribution in [-0.4, -0.2) is 10.4 Å². The van der Waals surface area contributed by atoms with E-state index in [4.69, 9.17) is 16.1 Å². The van der Waals surface area contributed by atoms with Crippen LogP contribution in [0.5, 0.6) is 0 Å². The van der Waals surface area contributed by atoms with E-state index in [2.05, 4.69) is 23.4 Å². The maximum absolute atomic E-state index is 10.9. The Labute approximate surface area is 112 Å². The SMILES string of the molecule is O=C(Cl)c1cc(Cc2cc3ccccc3s2)on1. The molecule has 0 saturated carbocycles. The van der Waals surface area contributed by atoms with Crippen molar-refractivity contribution in [3.05, 3.63) is 52.7 Å². The molecule has 3 rings (SSSR count). The van der Waals surface area contributed by atoms with Gasteiger partial charge < -0.3 is 4.52 Å². The summed E-state index contributed by atoms with van der Waals surface area (Å²) in [5.74, 6) is 0.644. The first-order valence-corrected chi connectivity index (χ1v) is 6.55. The number of hydrogen-bond acceptors (Lipinski definition) is 4. The number of hydrogen-bond donors (Lipinski definition) is 0. The van der Waals surface area contributed by atoms with E-state index in [1.165, 1.54) is 15.0 Å². The molecular weight excluding hydrogens is 270 g/mol. The van der Waals surface area contributed by atoms with Gasteiger partial charge in [0, 0.05) is 22.1 Å². The predicted octanol–water partition coefficient (Wildman–Crippen LogP) is 3.86. The van der Waals surface area contributed by atoms with Crippen LogP contribution in [0.1, 0.15) is 21.1 Å². The summed E-state index contributed by atoms with van der Waals surface area (Å²) in [5.41, 5.74) is 0.160. The lowest BCUT2D eigenvalue weighted by molar-refractivity contribution is 0.107. The van der Waals surface area contributed by atoms with Crippen molar-refractivity contribution in [3.8, 4) is 0 Å². The van der Waals surface area contributed by atoms with Gasteiger partial charge in [-0.05, 0) is 29.1 Å². The molecule has 0 aliphatic heterocycles. The first-order chi connectivity index (χ1) is 8.72. The number of rotatable bonds is 3. The van der Waals surface area contributed by atoms with Crippen molar-refractivity contribution >= 4 is 38.3 Å². The van der Waals surface area contributed by atoms with Gasteiger partial charge in [-0.1, -0.05) is 23.4 Å². The molecule has 0 amide bonds. The molecule has 1 aromatic carbocycles. The summed E-state index contributed by atoms with van der Waals surface area (Å²) < 4.78 is 6.31. The van der Waals surface area contributed by atoms with Gasteiger partial charge in [0.05, 0.1) is 0 Å². The Morgan fingerprint density at radius 3 is 2.89 bits per heavy atom. The predicted molar refractivity (Wildman–Crippen MR) is 71.3 cm³/mol. The van der Waals surface area contributed by atoms with Crippen LogP contribution < -0.4 is 0 Å². The molecule has 0 atom stereocenters. The average Bonchev–Trinajstić information content (AvgIpc) is 2.94. The van der Waals surface area contributed by atoms with Gasteiger partial charge in [0.25, 0.3) is 5.24 Å². The smallest absolute Gasteiger partial charge is 0.274 e. The van der Waals surface area contributed by atoms with Crippen LogP contribution in [0.15, 0.2) is 40.9 Å². The summed E-state index contributed by atoms with van der Waals surface area (Å²) in [4.78, 5) is 12.1. The lowest BCUT2D eigenvalue weighted by Gasteiger charge is -1.88. The van der Waals surface area contributed by atoms with E-state index in [0.717, 1.165) is 0 Å². The highest BCUT2D eigenvalue weighted by Gasteiger charge is 2.11. The second-order valence-electron chi connectivity index (χ2n) is 3.88. The van der Waals surface area contributed by atoms with E-state index in [1.807, 2.05) is 12.1 Å². The summed E-state index contributed by atoms with van der Waals surface area (Å²) in [5, 5.41) is 4.23. The third-order valence-electron chi connectivity index (χ3n) is 2.59. The average molecular weight is 278 g/mol. The van der Waals surface area contributed by atoms with Gasteiger partial charge in [0.1, 0.15) is 5.76 Å². The summed E-state index contributed by atoms with van der Waals surface area (Å²) in [6, 6.07) is 11.9. The van der Waals surface area contributed by atoms with Crippen molar-refractivity contribution in [2.24, 2.45) is 0 Å². The molecule has 3 nitrogen and oxygen atoms in total. The number of nitrogens with zero attached hydrogens (tertiary/aromatic N) is 1. The van der Waals surface area contributed by atoms with E-state index in [-0.39, 0.29) is 5.69 Å². The Morgan fingerprint density at radius 2 is 2.17 bits per heavy atom. The zero-order chi connectivity index (χ0) is 12.5. The molecule has 0 spiro atoms. The largest absolute Gasteiger partial charge is 0.360 e. The molecule has 90 valence electrons. The third-order valence-corrected chi connectivity index (χ3v) is 3.90. The van der Waals surface area contributed by atoms with Gasteiger partial charge >= 0.3 is 0 Å². The molecule has 0 unspecified atom stereocenters. The highest BCUT2D eigenvalue weighted by molar-refractivity contribution is 7.19. The molecule has 5 heteroatoms. The molecule has 3 aromatic rings. The van der Waals surface area contributed by atoms with Gasteiger partial charge in [-0.15, -0.1) is 11.3 Å². The number of thiophene rings is 1.